The number of carboxylic acid groups (broad SMARTS) is 1. The standard InChI is InChI=1S/C11H16N2O2/c1-7(2)8-6-11(8,10(14)15)9-4-5-12-13(9)3/h4-5,7-8H,6H2,1-3H3,(H,14,15). The first-order valence-corrected chi connectivity index (χ1v) is 5.22. The van der Waals surface area contributed by atoms with Gasteiger partial charge in [0.25, 0.3) is 0 Å². The number of carboxylic acids is 1. The van der Waals surface area contributed by atoms with Crippen molar-refractivity contribution in [2.75, 3.05) is 0 Å². The summed E-state index contributed by atoms with van der Waals surface area (Å²) in [7, 11) is 1.80. The summed E-state index contributed by atoms with van der Waals surface area (Å²) in [6.45, 7) is 4.15. The summed E-state index contributed by atoms with van der Waals surface area (Å²) in [5.74, 6) is -0.0776. The van der Waals surface area contributed by atoms with E-state index >= 15 is 0 Å². The fraction of sp³-hybridized carbons (Fsp3) is 0.636. The van der Waals surface area contributed by atoms with Crippen LogP contribution in [-0.2, 0) is 17.3 Å². The van der Waals surface area contributed by atoms with E-state index in [9.17, 15) is 9.90 Å². The summed E-state index contributed by atoms with van der Waals surface area (Å²) >= 11 is 0. The van der Waals surface area contributed by atoms with Crippen molar-refractivity contribution in [3.05, 3.63) is 18.0 Å². The van der Waals surface area contributed by atoms with Crippen LogP contribution in [0.5, 0.6) is 0 Å². The van der Waals surface area contributed by atoms with E-state index in [0.29, 0.717) is 5.92 Å². The molecule has 0 saturated heterocycles. The Kier molecular flexibility index (Phi) is 2.10. The molecule has 1 heterocycles. The maximum Gasteiger partial charge on any atom is 0.316 e. The molecule has 1 fully saturated rings. The number of aryl methyl sites for hydroxylation is 1. The third-order valence-corrected chi connectivity index (χ3v) is 3.48. The normalized spacial score (nSPS) is 29.5. The van der Waals surface area contributed by atoms with Crippen LogP contribution in [0.25, 0.3) is 0 Å². The monoisotopic (exact) mass is 208 g/mol. The van der Waals surface area contributed by atoms with Crippen LogP contribution in [0, 0.1) is 11.8 Å². The average molecular weight is 208 g/mol. The number of carbonyl (C=O) groups is 1. The molecule has 2 atom stereocenters. The lowest BCUT2D eigenvalue weighted by molar-refractivity contribution is -0.140. The van der Waals surface area contributed by atoms with E-state index in [-0.39, 0.29) is 5.92 Å². The SMILES string of the molecule is CC(C)C1CC1(C(=O)O)c1ccnn1C. The zero-order chi connectivity index (χ0) is 11.2. The Morgan fingerprint density at radius 2 is 2.40 bits per heavy atom. The van der Waals surface area contributed by atoms with Gasteiger partial charge in [-0.2, -0.15) is 5.10 Å². The van der Waals surface area contributed by atoms with Crippen LogP contribution in [0.4, 0.5) is 0 Å². The van der Waals surface area contributed by atoms with Gasteiger partial charge in [-0.25, -0.2) is 0 Å². The van der Waals surface area contributed by atoms with Crippen LogP contribution in [0.3, 0.4) is 0 Å². The van der Waals surface area contributed by atoms with Crippen molar-refractivity contribution >= 4 is 5.97 Å². The van der Waals surface area contributed by atoms with Crippen molar-refractivity contribution in [3.63, 3.8) is 0 Å². The lowest BCUT2D eigenvalue weighted by atomic mass is 9.94. The highest BCUT2D eigenvalue weighted by molar-refractivity contribution is 5.85. The molecule has 15 heavy (non-hydrogen) atoms. The molecule has 1 aromatic heterocycles. The van der Waals surface area contributed by atoms with Crippen LogP contribution in [0.2, 0.25) is 0 Å². The molecule has 4 heteroatoms. The molecule has 0 aromatic carbocycles. The fourth-order valence-corrected chi connectivity index (χ4v) is 2.55. The topological polar surface area (TPSA) is 55.1 Å². The van der Waals surface area contributed by atoms with E-state index in [1.807, 2.05) is 6.07 Å². The smallest absolute Gasteiger partial charge is 0.316 e. The summed E-state index contributed by atoms with van der Waals surface area (Å²) in [5, 5.41) is 13.4. The highest BCUT2D eigenvalue weighted by Crippen LogP contribution is 2.57. The van der Waals surface area contributed by atoms with Gasteiger partial charge < -0.3 is 5.11 Å². The Hall–Kier alpha value is -1.32. The first-order valence-electron chi connectivity index (χ1n) is 5.22. The van der Waals surface area contributed by atoms with Gasteiger partial charge in [0.2, 0.25) is 0 Å². The van der Waals surface area contributed by atoms with Crippen LogP contribution < -0.4 is 0 Å². The number of rotatable bonds is 3. The van der Waals surface area contributed by atoms with E-state index in [0.717, 1.165) is 12.1 Å². The molecule has 1 aliphatic carbocycles. The van der Waals surface area contributed by atoms with Crippen molar-refractivity contribution < 1.29 is 9.90 Å². The van der Waals surface area contributed by atoms with Gasteiger partial charge in [0.05, 0.1) is 5.69 Å². The van der Waals surface area contributed by atoms with Crippen molar-refractivity contribution in [2.45, 2.75) is 25.7 Å². The maximum atomic E-state index is 11.4. The first kappa shape index (κ1) is 10.2. The summed E-state index contributed by atoms with van der Waals surface area (Å²) < 4.78 is 1.68. The predicted molar refractivity (Wildman–Crippen MR) is 55.5 cm³/mol. The molecule has 0 aliphatic heterocycles. The van der Waals surface area contributed by atoms with Crippen molar-refractivity contribution in [3.8, 4) is 0 Å². The summed E-state index contributed by atoms with van der Waals surface area (Å²) in [4.78, 5) is 11.4. The lowest BCUT2D eigenvalue weighted by Gasteiger charge is -2.14. The number of aliphatic carboxylic acids is 1. The summed E-state index contributed by atoms with van der Waals surface area (Å²) in [6, 6.07) is 1.82. The third-order valence-electron chi connectivity index (χ3n) is 3.48. The lowest BCUT2D eigenvalue weighted by Crippen LogP contribution is -2.26. The fourth-order valence-electron chi connectivity index (χ4n) is 2.55. The van der Waals surface area contributed by atoms with E-state index in [2.05, 4.69) is 18.9 Å². The zero-order valence-electron chi connectivity index (χ0n) is 9.27. The highest BCUT2D eigenvalue weighted by Gasteiger charge is 2.63. The number of aromatic nitrogens is 2. The second-order valence-electron chi connectivity index (χ2n) is 4.67. The van der Waals surface area contributed by atoms with Crippen LogP contribution in [0.15, 0.2) is 12.3 Å². The van der Waals surface area contributed by atoms with Gasteiger partial charge in [0.1, 0.15) is 5.41 Å². The van der Waals surface area contributed by atoms with Crippen LogP contribution >= 0.6 is 0 Å². The molecule has 0 amide bonds. The van der Waals surface area contributed by atoms with Gasteiger partial charge in [-0.3, -0.25) is 9.48 Å². The van der Waals surface area contributed by atoms with Crippen LogP contribution in [-0.4, -0.2) is 20.9 Å². The second-order valence-corrected chi connectivity index (χ2v) is 4.67. The minimum Gasteiger partial charge on any atom is -0.481 e. The van der Waals surface area contributed by atoms with Crippen molar-refractivity contribution in [2.24, 2.45) is 18.9 Å². The molecule has 0 radical (unpaired) electrons. The van der Waals surface area contributed by atoms with Crippen LogP contribution in [0.1, 0.15) is 26.0 Å². The van der Waals surface area contributed by atoms with Gasteiger partial charge >= 0.3 is 5.97 Å². The van der Waals surface area contributed by atoms with E-state index in [1.54, 1.807) is 17.9 Å². The molecule has 0 spiro atoms. The maximum absolute atomic E-state index is 11.4. The zero-order valence-corrected chi connectivity index (χ0v) is 9.27. The molecule has 4 nitrogen and oxygen atoms in total. The van der Waals surface area contributed by atoms with E-state index in [4.69, 9.17) is 0 Å². The Labute approximate surface area is 88.9 Å². The number of nitrogens with zero attached hydrogens (tertiary/aromatic N) is 2. The Morgan fingerprint density at radius 1 is 1.73 bits per heavy atom. The molecular formula is C11H16N2O2. The highest BCUT2D eigenvalue weighted by atomic mass is 16.4. The molecule has 2 rings (SSSR count). The number of hydrogen-bond acceptors (Lipinski definition) is 2. The van der Waals surface area contributed by atoms with Crippen molar-refractivity contribution in [1.29, 1.82) is 0 Å². The van der Waals surface area contributed by atoms with Crippen molar-refractivity contribution in [1.82, 2.24) is 9.78 Å². The Bertz CT molecular complexity index is 397. The minimum absolute atomic E-state index is 0.241. The van der Waals surface area contributed by atoms with Gasteiger partial charge in [-0.1, -0.05) is 13.8 Å². The molecular weight excluding hydrogens is 192 g/mol. The Balaban J connectivity index is 2.40. The second kappa shape index (κ2) is 3.08. The summed E-state index contributed by atoms with van der Waals surface area (Å²) in [6.07, 6.45) is 2.40. The van der Waals surface area contributed by atoms with Gasteiger partial charge in [0.15, 0.2) is 0 Å². The molecule has 2 unspecified atom stereocenters. The van der Waals surface area contributed by atoms with Gasteiger partial charge in [-0.15, -0.1) is 0 Å². The number of hydrogen-bond donors (Lipinski definition) is 1. The van der Waals surface area contributed by atoms with Gasteiger partial charge in [0, 0.05) is 13.2 Å². The quantitative estimate of drug-likeness (QED) is 0.817. The van der Waals surface area contributed by atoms with E-state index in [1.165, 1.54) is 0 Å². The largest absolute Gasteiger partial charge is 0.481 e. The first-order chi connectivity index (χ1) is 7.00. The van der Waals surface area contributed by atoms with E-state index < -0.39 is 11.4 Å². The molecule has 1 aliphatic rings. The molecule has 82 valence electrons. The molecule has 1 aromatic rings. The minimum atomic E-state index is -0.718. The van der Waals surface area contributed by atoms with Gasteiger partial charge in [-0.05, 0) is 24.3 Å². The molecule has 0 bridgehead atoms. The molecule has 1 saturated carbocycles. The molecule has 1 N–H and O–H groups in total. The predicted octanol–water partition coefficient (Wildman–Crippen LogP) is 1.42. The average Bonchev–Trinajstić information content (AvgIpc) is 2.78. The Morgan fingerprint density at radius 3 is 2.73 bits per heavy atom. The summed E-state index contributed by atoms with van der Waals surface area (Å²) in [5.41, 5.74) is 0.146. The third kappa shape index (κ3) is 1.28.